The number of carbonyl (C=O) groups is 2. The number of aldehydes is 1. The molecule has 3 fully saturated rings. The predicted molar refractivity (Wildman–Crippen MR) is 161 cm³/mol. The molecule has 2 aliphatic carbocycles. The number of likely N-dealkylation sites (tertiary alicyclic amines) is 1. The fraction of sp³-hybridized carbons (Fsp3) is 0.588. The maximum absolute atomic E-state index is 12.7. The van der Waals surface area contributed by atoms with Gasteiger partial charge in [-0.25, -0.2) is 4.79 Å². The van der Waals surface area contributed by atoms with E-state index in [1.807, 2.05) is 43.3 Å². The first-order chi connectivity index (χ1) is 20.3. The minimum atomic E-state index is -0.640. The number of carbonyl (C=O) groups excluding carboxylic acids is 2. The molecule has 2 saturated carbocycles. The average molecular weight is 579 g/mol. The number of aliphatic hydroxyl groups is 1. The molecule has 1 heterocycles. The van der Waals surface area contributed by atoms with E-state index in [-0.39, 0.29) is 24.5 Å². The minimum absolute atomic E-state index is 0.0363. The zero-order valence-electron chi connectivity index (χ0n) is 25.2. The second-order valence-corrected chi connectivity index (χ2v) is 12.7. The van der Waals surface area contributed by atoms with Crippen LogP contribution in [0.15, 0.2) is 48.5 Å². The molecule has 3 aliphatic rings. The highest BCUT2D eigenvalue weighted by Gasteiger charge is 2.50. The molecule has 2 aromatic carbocycles. The van der Waals surface area contributed by atoms with E-state index >= 15 is 0 Å². The van der Waals surface area contributed by atoms with Crippen molar-refractivity contribution in [2.24, 2.45) is 17.3 Å². The van der Waals surface area contributed by atoms with Gasteiger partial charge in [0.1, 0.15) is 12.9 Å². The van der Waals surface area contributed by atoms with Crippen molar-refractivity contribution >= 4 is 12.4 Å². The maximum atomic E-state index is 12.7. The largest absolute Gasteiger partial charge is 0.493 e. The van der Waals surface area contributed by atoms with E-state index < -0.39 is 23.7 Å². The number of nitrogens with one attached hydrogen (secondary N) is 1. The molecular weight excluding hydrogens is 532 g/mol. The Morgan fingerprint density at radius 3 is 2.57 bits per heavy atom. The van der Waals surface area contributed by atoms with Crippen LogP contribution in [0.3, 0.4) is 0 Å². The van der Waals surface area contributed by atoms with Crippen LogP contribution in [0, 0.1) is 17.3 Å². The Kier molecular flexibility index (Phi) is 9.74. The van der Waals surface area contributed by atoms with Crippen molar-refractivity contribution < 1.29 is 28.9 Å². The highest BCUT2D eigenvalue weighted by atomic mass is 16.5. The topological polar surface area (TPSA) is 97.3 Å². The van der Waals surface area contributed by atoms with Crippen molar-refractivity contribution in [2.75, 3.05) is 26.8 Å². The summed E-state index contributed by atoms with van der Waals surface area (Å²) in [5.74, 6) is 2.13. The summed E-state index contributed by atoms with van der Waals surface area (Å²) in [5, 5.41) is 14.0. The monoisotopic (exact) mass is 578 g/mol. The summed E-state index contributed by atoms with van der Waals surface area (Å²) in [5.41, 5.74) is 1.61. The molecule has 0 radical (unpaired) electrons. The Hall–Kier alpha value is -3.10. The third-order valence-electron chi connectivity index (χ3n) is 9.83. The molecule has 228 valence electrons. The first-order valence-corrected chi connectivity index (χ1v) is 15.5. The van der Waals surface area contributed by atoms with Crippen molar-refractivity contribution in [1.82, 2.24) is 10.2 Å². The van der Waals surface area contributed by atoms with Gasteiger partial charge in [0, 0.05) is 36.4 Å². The van der Waals surface area contributed by atoms with Gasteiger partial charge in [-0.05, 0) is 61.8 Å². The van der Waals surface area contributed by atoms with Gasteiger partial charge in [0.15, 0.2) is 11.5 Å². The van der Waals surface area contributed by atoms with Crippen LogP contribution >= 0.6 is 0 Å². The molecule has 2 N–H and O–H groups in total. The van der Waals surface area contributed by atoms with Gasteiger partial charge in [0.25, 0.3) is 0 Å². The van der Waals surface area contributed by atoms with Crippen LogP contribution in [-0.4, -0.2) is 67.4 Å². The summed E-state index contributed by atoms with van der Waals surface area (Å²) in [6, 6.07) is 15.1. The van der Waals surface area contributed by atoms with E-state index in [2.05, 4.69) is 29.3 Å². The van der Waals surface area contributed by atoms with Gasteiger partial charge in [-0.15, -0.1) is 0 Å². The Balaban J connectivity index is 1.32. The molecular formula is C34H46N2O6. The Morgan fingerprint density at radius 2 is 1.88 bits per heavy atom. The number of methoxy groups -OCH3 is 1. The molecule has 5 rings (SSSR count). The number of benzene rings is 2. The van der Waals surface area contributed by atoms with Crippen LogP contribution < -0.4 is 14.8 Å². The van der Waals surface area contributed by atoms with Crippen molar-refractivity contribution in [3.63, 3.8) is 0 Å². The van der Waals surface area contributed by atoms with Gasteiger partial charge >= 0.3 is 6.09 Å². The zero-order chi connectivity index (χ0) is 29.7. The van der Waals surface area contributed by atoms with E-state index in [9.17, 15) is 14.7 Å². The number of alkyl carbamates (subject to hydrolysis) is 1. The minimum Gasteiger partial charge on any atom is -0.493 e. The third-order valence-corrected chi connectivity index (χ3v) is 9.83. The summed E-state index contributed by atoms with van der Waals surface area (Å²) in [6.45, 7) is 6.34. The van der Waals surface area contributed by atoms with E-state index in [4.69, 9.17) is 14.2 Å². The quantitative estimate of drug-likeness (QED) is 0.329. The zero-order valence-corrected chi connectivity index (χ0v) is 25.2. The molecule has 2 aromatic rings. The normalized spacial score (nSPS) is 27.6. The number of hydrogen-bond acceptors (Lipinski definition) is 7. The summed E-state index contributed by atoms with van der Waals surface area (Å²) >= 11 is 0. The van der Waals surface area contributed by atoms with Crippen LogP contribution in [0.4, 0.5) is 4.79 Å². The van der Waals surface area contributed by atoms with Gasteiger partial charge in [-0.3, -0.25) is 4.90 Å². The fourth-order valence-electron chi connectivity index (χ4n) is 6.89. The maximum Gasteiger partial charge on any atom is 0.408 e. The second kappa shape index (κ2) is 13.5. The van der Waals surface area contributed by atoms with Crippen molar-refractivity contribution in [2.45, 2.75) is 83.1 Å². The fourth-order valence-corrected chi connectivity index (χ4v) is 6.89. The number of ether oxygens (including phenoxy) is 3. The van der Waals surface area contributed by atoms with Crippen LogP contribution in [0.2, 0.25) is 0 Å². The lowest BCUT2D eigenvalue weighted by atomic mass is 9.72. The molecule has 0 spiro atoms. The van der Waals surface area contributed by atoms with E-state index in [0.29, 0.717) is 19.1 Å². The van der Waals surface area contributed by atoms with Gasteiger partial charge in [0.2, 0.25) is 0 Å². The molecule has 6 atom stereocenters. The first kappa shape index (κ1) is 30.4. The summed E-state index contributed by atoms with van der Waals surface area (Å²) in [4.78, 5) is 27.5. The van der Waals surface area contributed by atoms with Crippen LogP contribution in [0.1, 0.15) is 69.4 Å². The molecule has 0 bridgehead atoms. The van der Waals surface area contributed by atoms with Crippen molar-refractivity contribution in [3.05, 3.63) is 59.7 Å². The third kappa shape index (κ3) is 6.92. The molecule has 2 unspecified atom stereocenters. The lowest BCUT2D eigenvalue weighted by Gasteiger charge is -2.41. The molecule has 8 heteroatoms. The van der Waals surface area contributed by atoms with Gasteiger partial charge in [-0.2, -0.15) is 0 Å². The number of aliphatic hydroxyl groups excluding tert-OH is 1. The smallest absolute Gasteiger partial charge is 0.408 e. The standard InChI is InChI=1S/C34H46N2O6/c1-23(38)34(2)22-36(18-28(34)26-15-16-31(40-3)32(17-26)41-20-25-13-14-25)30-12-8-7-11-27(30)29(19-37)35-33(39)42-21-24-9-5-4-6-10-24/h4-6,9-10,15-17,19,23,25,27-30,38H,7-8,11-14,18,20-22H2,1-3H3,(H,35,39)/t23-,27?,28+,29+,30?,34+/m1/s1. The van der Waals surface area contributed by atoms with Crippen LogP contribution in [0.5, 0.6) is 11.5 Å². The molecule has 1 aliphatic heterocycles. The highest BCUT2D eigenvalue weighted by Crippen LogP contribution is 2.49. The Morgan fingerprint density at radius 1 is 1.12 bits per heavy atom. The van der Waals surface area contributed by atoms with Crippen molar-refractivity contribution in [3.8, 4) is 11.5 Å². The molecule has 1 saturated heterocycles. The van der Waals surface area contributed by atoms with Crippen molar-refractivity contribution in [1.29, 1.82) is 0 Å². The second-order valence-electron chi connectivity index (χ2n) is 12.7. The van der Waals surface area contributed by atoms with Crippen LogP contribution in [0.25, 0.3) is 0 Å². The first-order valence-electron chi connectivity index (χ1n) is 15.5. The summed E-state index contributed by atoms with van der Waals surface area (Å²) < 4.78 is 17.2. The molecule has 1 amide bonds. The molecule has 8 nitrogen and oxygen atoms in total. The lowest BCUT2D eigenvalue weighted by Crippen LogP contribution is -2.52. The molecule has 42 heavy (non-hydrogen) atoms. The van der Waals surface area contributed by atoms with Gasteiger partial charge in [0.05, 0.1) is 25.9 Å². The Bertz CT molecular complexity index is 1200. The predicted octanol–water partition coefficient (Wildman–Crippen LogP) is 5.32. The Labute approximate surface area is 249 Å². The van der Waals surface area contributed by atoms with Crippen LogP contribution in [-0.2, 0) is 16.1 Å². The average Bonchev–Trinajstić information content (AvgIpc) is 3.78. The number of amides is 1. The van der Waals surface area contributed by atoms with Gasteiger partial charge in [-0.1, -0.05) is 56.2 Å². The van der Waals surface area contributed by atoms with E-state index in [0.717, 1.165) is 61.1 Å². The number of nitrogens with zero attached hydrogens (tertiary/aromatic N) is 1. The lowest BCUT2D eigenvalue weighted by molar-refractivity contribution is -0.111. The summed E-state index contributed by atoms with van der Waals surface area (Å²) in [6.07, 6.45) is 6.04. The van der Waals surface area contributed by atoms with E-state index in [1.54, 1.807) is 7.11 Å². The molecule has 0 aromatic heterocycles. The van der Waals surface area contributed by atoms with Gasteiger partial charge < -0.3 is 29.4 Å². The summed E-state index contributed by atoms with van der Waals surface area (Å²) in [7, 11) is 1.66. The SMILES string of the molecule is COc1ccc([C@@H]2CN(C3CCCCC3[C@H](C=O)NC(=O)OCc3ccccc3)C[C@@]2(C)[C@@H](C)O)cc1OCC1CC1. The number of hydrogen-bond donors (Lipinski definition) is 2. The van der Waals surface area contributed by atoms with E-state index in [1.165, 1.54) is 12.8 Å². The number of rotatable bonds is 12. The highest BCUT2D eigenvalue weighted by molar-refractivity contribution is 5.73.